The van der Waals surface area contributed by atoms with Crippen LogP contribution in [0.2, 0.25) is 0 Å². The number of benzene rings is 1. The summed E-state index contributed by atoms with van der Waals surface area (Å²) in [6.45, 7) is 12.6. The molecule has 0 heterocycles. The first-order valence-corrected chi connectivity index (χ1v) is 4.86. The minimum Gasteiger partial charge on any atom is -0.424 e. The van der Waals surface area contributed by atoms with E-state index in [0.717, 1.165) is 18.7 Å². The van der Waals surface area contributed by atoms with E-state index < -0.39 is 0 Å². The van der Waals surface area contributed by atoms with Crippen LogP contribution in [-0.2, 0) is 0 Å². The van der Waals surface area contributed by atoms with Crippen LogP contribution >= 0.6 is 0 Å². The number of hydrogen-bond acceptors (Lipinski definition) is 1. The molecule has 0 radical (unpaired) electrons. The van der Waals surface area contributed by atoms with Gasteiger partial charge in [0.05, 0.1) is 0 Å². The molecule has 0 amide bonds. The summed E-state index contributed by atoms with van der Waals surface area (Å²) in [6, 6.07) is 6.43. The first-order chi connectivity index (χ1) is 6.19. The maximum Gasteiger partial charge on any atom is 1.00 e. The Kier molecular flexibility index (Phi) is 5.84. The van der Waals surface area contributed by atoms with Crippen LogP contribution in [0.3, 0.4) is 0 Å². The van der Waals surface area contributed by atoms with Crippen molar-refractivity contribution in [2.24, 2.45) is 0 Å². The van der Waals surface area contributed by atoms with E-state index >= 15 is 0 Å². The van der Waals surface area contributed by atoms with Gasteiger partial charge in [-0.2, -0.15) is 18.6 Å². The van der Waals surface area contributed by atoms with Crippen LogP contribution in [0.5, 0.6) is 0 Å². The summed E-state index contributed by atoms with van der Waals surface area (Å²) in [5, 5.41) is 0. The third-order valence-corrected chi connectivity index (χ3v) is 2.34. The molecule has 0 saturated carbocycles. The van der Waals surface area contributed by atoms with Crippen LogP contribution in [0, 0.1) is 13.8 Å². The van der Waals surface area contributed by atoms with Crippen molar-refractivity contribution < 1.29 is 18.9 Å². The van der Waals surface area contributed by atoms with Crippen molar-refractivity contribution in [2.75, 3.05) is 18.0 Å². The fourth-order valence-corrected chi connectivity index (χ4v) is 1.59. The van der Waals surface area contributed by atoms with Crippen LogP contribution in [0.4, 0.5) is 5.69 Å². The van der Waals surface area contributed by atoms with Crippen molar-refractivity contribution in [2.45, 2.75) is 20.8 Å². The first kappa shape index (κ1) is 13.5. The van der Waals surface area contributed by atoms with E-state index in [2.05, 4.69) is 50.8 Å². The Morgan fingerprint density at radius 3 is 2.21 bits per heavy atom. The van der Waals surface area contributed by atoms with Crippen LogP contribution in [-0.4, -0.2) is 13.1 Å². The molecular formula is C12H18LiN. The molecule has 1 rings (SSSR count). The third kappa shape index (κ3) is 3.01. The van der Waals surface area contributed by atoms with Crippen molar-refractivity contribution >= 4 is 5.69 Å². The van der Waals surface area contributed by atoms with Gasteiger partial charge in [0.2, 0.25) is 0 Å². The molecule has 0 atom stereocenters. The quantitative estimate of drug-likeness (QED) is 0.472. The number of rotatable bonds is 3. The SMILES string of the molecule is [CH2-]c1cc(C)ccc1N(CC)CC.[Li+]. The van der Waals surface area contributed by atoms with Gasteiger partial charge in [-0.25, -0.2) is 0 Å². The monoisotopic (exact) mass is 183 g/mol. The Morgan fingerprint density at radius 1 is 1.21 bits per heavy atom. The number of aryl methyl sites for hydroxylation is 1. The number of anilines is 1. The largest absolute Gasteiger partial charge is 1.00 e. The minimum atomic E-state index is 0. The van der Waals surface area contributed by atoms with Gasteiger partial charge < -0.3 is 4.90 Å². The molecule has 1 aromatic carbocycles. The second-order valence-corrected chi connectivity index (χ2v) is 3.30. The summed E-state index contributed by atoms with van der Waals surface area (Å²) in [4.78, 5) is 2.32. The van der Waals surface area contributed by atoms with Crippen LogP contribution < -0.4 is 23.8 Å². The van der Waals surface area contributed by atoms with Gasteiger partial charge in [-0.05, 0) is 13.8 Å². The van der Waals surface area contributed by atoms with Gasteiger partial charge in [-0.3, -0.25) is 0 Å². The summed E-state index contributed by atoms with van der Waals surface area (Å²) in [7, 11) is 0. The van der Waals surface area contributed by atoms with Crippen molar-refractivity contribution in [1.82, 2.24) is 0 Å². The first-order valence-electron chi connectivity index (χ1n) is 4.86. The summed E-state index contributed by atoms with van der Waals surface area (Å²) in [5.74, 6) is 0. The van der Waals surface area contributed by atoms with Gasteiger partial charge in [0.15, 0.2) is 0 Å². The topological polar surface area (TPSA) is 3.24 Å². The fraction of sp³-hybridized carbons (Fsp3) is 0.417. The Labute approximate surface area is 99.7 Å². The molecule has 0 bridgehead atoms. The van der Waals surface area contributed by atoms with E-state index in [1.807, 2.05) is 0 Å². The second kappa shape index (κ2) is 6.06. The molecule has 0 aliphatic rings. The Balaban J connectivity index is 0.00000169. The van der Waals surface area contributed by atoms with E-state index in [1.54, 1.807) is 0 Å². The molecule has 1 aromatic rings. The maximum absolute atomic E-state index is 4.06. The molecule has 72 valence electrons. The molecule has 0 aliphatic carbocycles. The average Bonchev–Trinajstić information content (AvgIpc) is 2.10. The van der Waals surface area contributed by atoms with Gasteiger partial charge >= 0.3 is 18.9 Å². The van der Waals surface area contributed by atoms with E-state index in [1.165, 1.54) is 11.3 Å². The zero-order chi connectivity index (χ0) is 9.84. The van der Waals surface area contributed by atoms with Crippen molar-refractivity contribution in [3.8, 4) is 0 Å². The zero-order valence-corrected chi connectivity index (χ0v) is 9.80. The molecular weight excluding hydrogens is 165 g/mol. The fourth-order valence-electron chi connectivity index (χ4n) is 1.59. The molecule has 0 saturated heterocycles. The third-order valence-electron chi connectivity index (χ3n) is 2.34. The maximum atomic E-state index is 4.06. The predicted octanol–water partition coefficient (Wildman–Crippen LogP) is 0.0274. The smallest absolute Gasteiger partial charge is 0.424 e. The van der Waals surface area contributed by atoms with Gasteiger partial charge in [0, 0.05) is 13.1 Å². The molecule has 0 aromatic heterocycles. The van der Waals surface area contributed by atoms with Gasteiger partial charge in [0.25, 0.3) is 0 Å². The molecule has 0 aliphatic heterocycles. The van der Waals surface area contributed by atoms with E-state index in [0.29, 0.717) is 0 Å². The van der Waals surface area contributed by atoms with Gasteiger partial charge in [0.1, 0.15) is 0 Å². The summed E-state index contributed by atoms with van der Waals surface area (Å²) in [6.07, 6.45) is 0. The molecule has 2 heteroatoms. The molecule has 0 fully saturated rings. The molecule has 14 heavy (non-hydrogen) atoms. The summed E-state index contributed by atoms with van der Waals surface area (Å²) in [5.41, 5.74) is 3.67. The number of nitrogens with zero attached hydrogens (tertiary/aromatic N) is 1. The van der Waals surface area contributed by atoms with Crippen LogP contribution in [0.15, 0.2) is 18.2 Å². The Bertz CT molecular complexity index is 280. The van der Waals surface area contributed by atoms with Crippen molar-refractivity contribution in [3.05, 3.63) is 36.2 Å². The average molecular weight is 183 g/mol. The Morgan fingerprint density at radius 2 is 1.79 bits per heavy atom. The molecule has 0 unspecified atom stereocenters. The molecule has 0 spiro atoms. The van der Waals surface area contributed by atoms with Gasteiger partial charge in [-0.15, -0.1) is 5.56 Å². The van der Waals surface area contributed by atoms with Crippen LogP contribution in [0.25, 0.3) is 0 Å². The van der Waals surface area contributed by atoms with E-state index in [9.17, 15) is 0 Å². The van der Waals surface area contributed by atoms with E-state index in [-0.39, 0.29) is 18.9 Å². The minimum absolute atomic E-state index is 0. The molecule has 1 nitrogen and oxygen atoms in total. The summed E-state index contributed by atoms with van der Waals surface area (Å²) >= 11 is 0. The second-order valence-electron chi connectivity index (χ2n) is 3.30. The number of hydrogen-bond donors (Lipinski definition) is 0. The predicted molar refractivity (Wildman–Crippen MR) is 59.2 cm³/mol. The molecule has 0 N–H and O–H groups in total. The normalized spacial score (nSPS) is 9.36. The van der Waals surface area contributed by atoms with E-state index in [4.69, 9.17) is 0 Å². The zero-order valence-electron chi connectivity index (χ0n) is 9.80. The Hall–Kier alpha value is -0.513. The van der Waals surface area contributed by atoms with Crippen molar-refractivity contribution in [3.63, 3.8) is 0 Å². The standard InChI is InChI=1S/C12H18N.Li/c1-5-13(6-2)12-8-7-10(3)9-11(12)4;/h7-9H,4-6H2,1-3H3;/q-1;+1. The van der Waals surface area contributed by atoms with Crippen molar-refractivity contribution in [1.29, 1.82) is 0 Å². The van der Waals surface area contributed by atoms with Crippen LogP contribution in [0.1, 0.15) is 25.0 Å². The summed E-state index contributed by atoms with van der Waals surface area (Å²) < 4.78 is 0. The van der Waals surface area contributed by atoms with Gasteiger partial charge in [-0.1, -0.05) is 24.7 Å².